The third-order valence-corrected chi connectivity index (χ3v) is 1.78. The molecule has 1 fully saturated rings. The summed E-state index contributed by atoms with van der Waals surface area (Å²) in [4.78, 5) is 0. The van der Waals surface area contributed by atoms with Gasteiger partial charge in [-0.15, -0.1) is 23.2 Å². The van der Waals surface area contributed by atoms with Crippen molar-refractivity contribution in [3.05, 3.63) is 0 Å². The first kappa shape index (κ1) is 15.9. The summed E-state index contributed by atoms with van der Waals surface area (Å²) in [6.45, 7) is 4.38. The van der Waals surface area contributed by atoms with Crippen LogP contribution < -0.4 is 0 Å². The van der Waals surface area contributed by atoms with Crippen LogP contribution in [0.15, 0.2) is 0 Å². The fourth-order valence-corrected chi connectivity index (χ4v) is 0.604. The molecule has 0 aromatic heterocycles. The number of halogens is 2. The maximum atomic E-state index is 8.50. The van der Waals surface area contributed by atoms with Gasteiger partial charge in [0.15, 0.2) is 0 Å². The lowest BCUT2D eigenvalue weighted by molar-refractivity contribution is 0.203. The first-order valence-corrected chi connectivity index (χ1v) is 4.85. The van der Waals surface area contributed by atoms with E-state index in [-0.39, 0.29) is 12.3 Å². The van der Waals surface area contributed by atoms with Crippen molar-refractivity contribution < 1.29 is 9.84 Å². The highest BCUT2D eigenvalue weighted by Crippen LogP contribution is 2.08. The topological polar surface area (TPSA) is 80.3 Å². The summed E-state index contributed by atoms with van der Waals surface area (Å²) in [6, 6.07) is 1.78. The Hall–Kier alpha value is -0.520. The Kier molecular flexibility index (Phi) is 14.2. The van der Waals surface area contributed by atoms with Crippen LogP contribution >= 0.6 is 23.2 Å². The van der Waals surface area contributed by atoms with Crippen molar-refractivity contribution in [1.29, 1.82) is 10.5 Å². The molecule has 1 rings (SSSR count). The number of epoxide rings is 1. The minimum Gasteiger partial charge on any atom is -0.391 e. The van der Waals surface area contributed by atoms with Gasteiger partial charge in [-0.1, -0.05) is 0 Å². The molecule has 0 radical (unpaired) electrons. The Morgan fingerprint density at radius 1 is 1.57 bits per heavy atom. The molecule has 14 heavy (non-hydrogen) atoms. The molecule has 4 nitrogen and oxygen atoms in total. The molecule has 6 heteroatoms. The largest absolute Gasteiger partial charge is 0.391 e. The van der Waals surface area contributed by atoms with Gasteiger partial charge in [-0.25, -0.2) is 5.26 Å². The molecular weight excluding hydrogens is 227 g/mol. The number of nitrogens with zero attached hydrogens (tertiary/aromatic N) is 2. The average Bonchev–Trinajstić information content (AvgIpc) is 3.05. The third kappa shape index (κ3) is 14.0. The average molecular weight is 239 g/mol. The molecule has 1 heterocycles. The zero-order chi connectivity index (χ0) is 11.4. The van der Waals surface area contributed by atoms with Crippen LogP contribution in [0.1, 0.15) is 6.42 Å². The molecule has 1 aliphatic heterocycles. The molecule has 0 spiro atoms. The normalized spacial score (nSPS) is 18.7. The maximum Gasteiger partial charge on any atom is 0.0944 e. The Bertz CT molecular complexity index is 178. The van der Waals surface area contributed by atoms with Gasteiger partial charge in [0.05, 0.1) is 37.2 Å². The number of aliphatic hydroxyl groups excluding tert-OH is 1. The van der Waals surface area contributed by atoms with Gasteiger partial charge >= 0.3 is 0 Å². The van der Waals surface area contributed by atoms with Gasteiger partial charge in [0, 0.05) is 12.5 Å². The van der Waals surface area contributed by atoms with E-state index in [0.29, 0.717) is 12.0 Å². The lowest BCUT2D eigenvalue weighted by Crippen LogP contribution is -2.05. The highest BCUT2D eigenvalue weighted by molar-refractivity contribution is 6.18. The van der Waals surface area contributed by atoms with E-state index in [0.717, 1.165) is 6.61 Å². The van der Waals surface area contributed by atoms with Gasteiger partial charge in [-0.2, -0.15) is 5.26 Å². The van der Waals surface area contributed by atoms with Crippen molar-refractivity contribution in [3.63, 3.8) is 0 Å². The first-order chi connectivity index (χ1) is 6.74. The molecule has 0 bridgehead atoms. The quantitative estimate of drug-likeness (QED) is 0.593. The van der Waals surface area contributed by atoms with Gasteiger partial charge in [0.2, 0.25) is 0 Å². The zero-order valence-electron chi connectivity index (χ0n) is 7.57. The summed E-state index contributed by atoms with van der Waals surface area (Å²) in [6.07, 6.45) is -0.118. The summed E-state index contributed by atoms with van der Waals surface area (Å²) in [5, 5.41) is 22.9. The van der Waals surface area contributed by atoms with Crippen LogP contribution in [-0.2, 0) is 4.74 Å². The summed E-state index contributed by atoms with van der Waals surface area (Å²) in [5.41, 5.74) is 0. The molecule has 1 N–H and O–H groups in total. The van der Waals surface area contributed by atoms with Crippen molar-refractivity contribution >= 4 is 23.2 Å². The lowest BCUT2D eigenvalue weighted by atomic mass is 10.3. The van der Waals surface area contributed by atoms with Crippen molar-refractivity contribution in [2.75, 3.05) is 18.4 Å². The van der Waals surface area contributed by atoms with Crippen LogP contribution in [0.25, 0.3) is 0 Å². The van der Waals surface area contributed by atoms with Gasteiger partial charge in [0.25, 0.3) is 0 Å². The monoisotopic (exact) mass is 238 g/mol. The maximum absolute atomic E-state index is 8.50. The van der Waals surface area contributed by atoms with Crippen molar-refractivity contribution in [3.8, 4) is 12.6 Å². The molecule has 1 aliphatic rings. The molecule has 2 unspecified atom stereocenters. The molecule has 0 aromatic carbocycles. The standard InChI is InChI=1S/C4H6ClNO.C3H5ClO.CHN/c5-3-4(7)1-2-6;4-1-3-2-5-3;1-2/h4,7H,1,3H2;3H,1-2H2;1H. The fourth-order valence-electron chi connectivity index (χ4n) is 0.317. The van der Waals surface area contributed by atoms with E-state index in [2.05, 4.69) is 6.57 Å². The minimum atomic E-state index is -0.647. The predicted molar refractivity (Wildman–Crippen MR) is 54.1 cm³/mol. The number of aliphatic hydroxyl groups is 1. The molecule has 0 aliphatic carbocycles. The van der Waals surface area contributed by atoms with Gasteiger partial charge in [-0.3, -0.25) is 0 Å². The van der Waals surface area contributed by atoms with E-state index in [1.165, 1.54) is 0 Å². The summed E-state index contributed by atoms with van der Waals surface area (Å²) >= 11 is 10.4. The number of nitriles is 2. The SMILES string of the molecule is C#N.ClCC1CO1.N#CCC(O)CCl. The van der Waals surface area contributed by atoms with E-state index >= 15 is 0 Å². The van der Waals surface area contributed by atoms with E-state index in [9.17, 15) is 0 Å². The van der Waals surface area contributed by atoms with E-state index < -0.39 is 6.10 Å². The van der Waals surface area contributed by atoms with Gasteiger partial charge < -0.3 is 9.84 Å². The molecular formula is C8H12Cl2N2O2. The minimum absolute atomic E-state index is 0.128. The third-order valence-electron chi connectivity index (χ3n) is 1.08. The van der Waals surface area contributed by atoms with Crippen LogP contribution in [0.3, 0.4) is 0 Å². The van der Waals surface area contributed by atoms with E-state index in [4.69, 9.17) is 43.6 Å². The second kappa shape index (κ2) is 12.5. The highest BCUT2D eigenvalue weighted by Gasteiger charge is 2.19. The predicted octanol–water partition coefficient (Wildman–Crippen LogP) is 1.26. The number of ether oxygens (including phenoxy) is 1. The lowest BCUT2D eigenvalue weighted by Gasteiger charge is -1.94. The van der Waals surface area contributed by atoms with Crippen molar-refractivity contribution in [2.45, 2.75) is 18.6 Å². The summed E-state index contributed by atoms with van der Waals surface area (Å²) in [7, 11) is 0. The first-order valence-electron chi connectivity index (χ1n) is 3.79. The van der Waals surface area contributed by atoms with Gasteiger partial charge in [-0.05, 0) is 0 Å². The number of hydrogen-bond donors (Lipinski definition) is 1. The number of alkyl halides is 2. The number of hydrogen-bond acceptors (Lipinski definition) is 4. The fraction of sp³-hybridized carbons (Fsp3) is 0.750. The smallest absolute Gasteiger partial charge is 0.0944 e. The van der Waals surface area contributed by atoms with Crippen molar-refractivity contribution in [2.24, 2.45) is 0 Å². The Morgan fingerprint density at radius 2 is 2.07 bits per heavy atom. The van der Waals surface area contributed by atoms with Crippen molar-refractivity contribution in [1.82, 2.24) is 0 Å². The molecule has 1 saturated heterocycles. The van der Waals surface area contributed by atoms with E-state index in [1.54, 1.807) is 6.07 Å². The second-order valence-electron chi connectivity index (χ2n) is 2.28. The summed E-state index contributed by atoms with van der Waals surface area (Å²) < 4.78 is 4.73. The summed E-state index contributed by atoms with van der Waals surface area (Å²) in [5.74, 6) is 0.813. The Labute approximate surface area is 93.6 Å². The van der Waals surface area contributed by atoms with E-state index in [1.807, 2.05) is 0 Å². The van der Waals surface area contributed by atoms with Crippen LogP contribution in [0.5, 0.6) is 0 Å². The molecule has 0 amide bonds. The zero-order valence-corrected chi connectivity index (χ0v) is 9.08. The molecule has 80 valence electrons. The van der Waals surface area contributed by atoms with Crippen LogP contribution in [-0.4, -0.2) is 35.7 Å². The highest BCUT2D eigenvalue weighted by atomic mass is 35.5. The van der Waals surface area contributed by atoms with Gasteiger partial charge in [0.1, 0.15) is 0 Å². The molecule has 2 atom stereocenters. The molecule has 0 aromatic rings. The number of rotatable bonds is 3. The van der Waals surface area contributed by atoms with Crippen LogP contribution in [0, 0.1) is 23.2 Å². The molecule has 0 saturated carbocycles. The van der Waals surface area contributed by atoms with Crippen LogP contribution in [0.2, 0.25) is 0 Å². The Morgan fingerprint density at radius 3 is 2.14 bits per heavy atom. The second-order valence-corrected chi connectivity index (χ2v) is 2.90. The Balaban J connectivity index is 0. The van der Waals surface area contributed by atoms with Crippen LogP contribution in [0.4, 0.5) is 0 Å².